The first kappa shape index (κ1) is 9.40. The van der Waals surface area contributed by atoms with Crippen LogP contribution in [-0.2, 0) is 12.3 Å². The molecule has 0 amide bonds. The first-order valence-corrected chi connectivity index (χ1v) is 4.48. The number of nitrogens with two attached hydrogens (primary N) is 1. The molecule has 1 aliphatic rings. The van der Waals surface area contributed by atoms with E-state index in [1.165, 1.54) is 6.07 Å². The maximum Gasteiger partial charge on any atom is 0.310 e. The van der Waals surface area contributed by atoms with Crippen molar-refractivity contribution in [2.75, 3.05) is 13.2 Å². The van der Waals surface area contributed by atoms with Crippen LogP contribution in [0.15, 0.2) is 18.2 Å². The van der Waals surface area contributed by atoms with Crippen molar-refractivity contribution in [1.29, 1.82) is 0 Å². The summed E-state index contributed by atoms with van der Waals surface area (Å²) in [6.07, 6.45) is 0.569. The van der Waals surface area contributed by atoms with Gasteiger partial charge in [-0.3, -0.25) is 0 Å². The van der Waals surface area contributed by atoms with Gasteiger partial charge in [0.15, 0.2) is 6.61 Å². The molecule has 0 unspecified atom stereocenters. The van der Waals surface area contributed by atoms with Gasteiger partial charge >= 0.3 is 5.92 Å². The fourth-order valence-electron chi connectivity index (χ4n) is 1.64. The van der Waals surface area contributed by atoms with E-state index in [4.69, 9.17) is 10.5 Å². The fourth-order valence-corrected chi connectivity index (χ4v) is 1.64. The van der Waals surface area contributed by atoms with Crippen LogP contribution in [0.2, 0.25) is 0 Å². The lowest BCUT2D eigenvalue weighted by Gasteiger charge is -2.07. The second-order valence-corrected chi connectivity index (χ2v) is 3.33. The Morgan fingerprint density at radius 1 is 1.43 bits per heavy atom. The summed E-state index contributed by atoms with van der Waals surface area (Å²) in [5.74, 6) is -2.53. The third-order valence-electron chi connectivity index (χ3n) is 2.30. The Morgan fingerprint density at radius 3 is 2.93 bits per heavy atom. The molecule has 1 aromatic rings. The molecule has 0 atom stereocenters. The lowest BCUT2D eigenvalue weighted by molar-refractivity contribution is -0.0214. The molecule has 0 fully saturated rings. The molecule has 0 saturated carbocycles. The van der Waals surface area contributed by atoms with Crippen LogP contribution in [-0.4, -0.2) is 13.2 Å². The molecule has 4 heteroatoms. The highest BCUT2D eigenvalue weighted by atomic mass is 19.3. The topological polar surface area (TPSA) is 35.2 Å². The van der Waals surface area contributed by atoms with Crippen molar-refractivity contribution in [2.24, 2.45) is 5.73 Å². The Bertz CT molecular complexity index is 352. The van der Waals surface area contributed by atoms with Crippen molar-refractivity contribution >= 4 is 0 Å². The molecule has 76 valence electrons. The molecule has 0 aromatic heterocycles. The smallest absolute Gasteiger partial charge is 0.310 e. The molecule has 0 spiro atoms. The maximum atomic E-state index is 13.2. The Kier molecular flexibility index (Phi) is 2.15. The summed E-state index contributed by atoms with van der Waals surface area (Å²) in [5.41, 5.74) is 6.13. The van der Waals surface area contributed by atoms with Gasteiger partial charge in [0, 0.05) is 0 Å². The van der Waals surface area contributed by atoms with Gasteiger partial charge in [0.2, 0.25) is 0 Å². The van der Waals surface area contributed by atoms with Crippen molar-refractivity contribution in [3.05, 3.63) is 29.3 Å². The van der Waals surface area contributed by atoms with Crippen LogP contribution < -0.4 is 10.5 Å². The Hall–Kier alpha value is -1.16. The van der Waals surface area contributed by atoms with Crippen LogP contribution >= 0.6 is 0 Å². The van der Waals surface area contributed by atoms with Gasteiger partial charge in [-0.1, -0.05) is 12.1 Å². The summed E-state index contributed by atoms with van der Waals surface area (Å²) in [7, 11) is 0. The van der Waals surface area contributed by atoms with E-state index in [2.05, 4.69) is 0 Å². The van der Waals surface area contributed by atoms with Gasteiger partial charge in [0.25, 0.3) is 0 Å². The second-order valence-electron chi connectivity index (χ2n) is 3.33. The highest BCUT2D eigenvalue weighted by Crippen LogP contribution is 2.42. The molecule has 2 rings (SSSR count). The van der Waals surface area contributed by atoms with Crippen molar-refractivity contribution in [3.8, 4) is 5.75 Å². The number of hydrogen-bond acceptors (Lipinski definition) is 2. The van der Waals surface area contributed by atoms with Crippen LogP contribution in [0.3, 0.4) is 0 Å². The average molecular weight is 199 g/mol. The van der Waals surface area contributed by atoms with Crippen molar-refractivity contribution in [2.45, 2.75) is 12.3 Å². The Balaban J connectivity index is 2.45. The molecule has 1 heterocycles. The van der Waals surface area contributed by atoms with E-state index in [0.717, 1.165) is 5.56 Å². The zero-order chi connectivity index (χ0) is 10.2. The number of para-hydroxylation sites is 1. The minimum absolute atomic E-state index is 0.0107. The van der Waals surface area contributed by atoms with Crippen LogP contribution in [0.4, 0.5) is 8.78 Å². The molecular formula is C10H11F2NO. The van der Waals surface area contributed by atoms with Crippen LogP contribution in [0, 0.1) is 0 Å². The van der Waals surface area contributed by atoms with E-state index < -0.39 is 12.5 Å². The van der Waals surface area contributed by atoms with Crippen LogP contribution in [0.5, 0.6) is 5.75 Å². The van der Waals surface area contributed by atoms with E-state index >= 15 is 0 Å². The number of fused-ring (bicyclic) bond motifs is 1. The molecule has 1 aliphatic heterocycles. The molecule has 0 saturated heterocycles. The Labute approximate surface area is 80.7 Å². The number of rotatable bonds is 2. The van der Waals surface area contributed by atoms with Crippen molar-refractivity contribution < 1.29 is 13.5 Å². The number of halogens is 2. The second kappa shape index (κ2) is 3.20. The zero-order valence-electron chi connectivity index (χ0n) is 7.59. The molecule has 0 radical (unpaired) electrons. The van der Waals surface area contributed by atoms with Gasteiger partial charge < -0.3 is 10.5 Å². The van der Waals surface area contributed by atoms with Gasteiger partial charge in [-0.15, -0.1) is 0 Å². The molecule has 2 N–H and O–H groups in total. The zero-order valence-corrected chi connectivity index (χ0v) is 7.59. The van der Waals surface area contributed by atoms with Gasteiger partial charge in [-0.25, -0.2) is 0 Å². The molecule has 2 nitrogen and oxygen atoms in total. The first-order chi connectivity index (χ1) is 6.65. The summed E-state index contributed by atoms with van der Waals surface area (Å²) >= 11 is 0. The molecular weight excluding hydrogens is 188 g/mol. The van der Waals surface area contributed by atoms with E-state index in [1.54, 1.807) is 12.1 Å². The summed E-state index contributed by atoms with van der Waals surface area (Å²) in [6, 6.07) is 4.79. The SMILES string of the molecule is NCCc1cccc2c1OCC2(F)F. The monoisotopic (exact) mass is 199 g/mol. The number of benzene rings is 1. The lowest BCUT2D eigenvalue weighted by Crippen LogP contribution is -2.14. The van der Waals surface area contributed by atoms with E-state index in [9.17, 15) is 8.78 Å². The summed E-state index contributed by atoms with van der Waals surface area (Å²) in [6.45, 7) is -0.116. The van der Waals surface area contributed by atoms with Gasteiger partial charge in [0.05, 0.1) is 5.56 Å². The van der Waals surface area contributed by atoms with Gasteiger partial charge in [0.1, 0.15) is 5.75 Å². The first-order valence-electron chi connectivity index (χ1n) is 4.48. The summed E-state index contributed by atoms with van der Waals surface area (Å²) < 4.78 is 31.4. The number of hydrogen-bond donors (Lipinski definition) is 1. The normalized spacial score (nSPS) is 17.6. The molecule has 0 bridgehead atoms. The number of ether oxygens (including phenoxy) is 1. The minimum Gasteiger partial charge on any atom is -0.486 e. The van der Waals surface area contributed by atoms with E-state index in [-0.39, 0.29) is 5.56 Å². The molecule has 14 heavy (non-hydrogen) atoms. The van der Waals surface area contributed by atoms with Gasteiger partial charge in [-0.2, -0.15) is 8.78 Å². The predicted molar refractivity (Wildman–Crippen MR) is 48.6 cm³/mol. The average Bonchev–Trinajstić information content (AvgIpc) is 2.45. The maximum absolute atomic E-state index is 13.2. The highest BCUT2D eigenvalue weighted by Gasteiger charge is 2.42. The minimum atomic E-state index is -2.85. The fraction of sp³-hybridized carbons (Fsp3) is 0.400. The van der Waals surface area contributed by atoms with Crippen molar-refractivity contribution in [3.63, 3.8) is 0 Å². The predicted octanol–water partition coefficient (Wildman–Crippen LogP) is 1.67. The standard InChI is InChI=1S/C10H11F2NO/c11-10(12)6-14-9-7(4-5-13)2-1-3-8(9)10/h1-3H,4-6,13H2. The van der Waals surface area contributed by atoms with Gasteiger partial charge in [-0.05, 0) is 24.6 Å². The quantitative estimate of drug-likeness (QED) is 0.786. The lowest BCUT2D eigenvalue weighted by atomic mass is 10.0. The van der Waals surface area contributed by atoms with Crippen molar-refractivity contribution in [1.82, 2.24) is 0 Å². The van der Waals surface area contributed by atoms with E-state index in [0.29, 0.717) is 18.7 Å². The Morgan fingerprint density at radius 2 is 2.21 bits per heavy atom. The number of alkyl halides is 2. The molecule has 0 aliphatic carbocycles. The largest absolute Gasteiger partial charge is 0.486 e. The summed E-state index contributed by atoms with van der Waals surface area (Å²) in [5, 5.41) is 0. The third kappa shape index (κ3) is 1.35. The van der Waals surface area contributed by atoms with E-state index in [1.807, 2.05) is 0 Å². The summed E-state index contributed by atoms with van der Waals surface area (Å²) in [4.78, 5) is 0. The highest BCUT2D eigenvalue weighted by molar-refractivity contribution is 5.46. The molecule has 1 aromatic carbocycles. The van der Waals surface area contributed by atoms with Crippen LogP contribution in [0.25, 0.3) is 0 Å². The van der Waals surface area contributed by atoms with Crippen LogP contribution in [0.1, 0.15) is 11.1 Å². The third-order valence-corrected chi connectivity index (χ3v) is 2.30.